The average Bonchev–Trinajstić information content (AvgIpc) is 2.34. The van der Waals surface area contributed by atoms with E-state index in [-0.39, 0.29) is 11.3 Å². The van der Waals surface area contributed by atoms with Crippen molar-refractivity contribution in [3.8, 4) is 5.75 Å². The summed E-state index contributed by atoms with van der Waals surface area (Å²) in [6, 6.07) is 5.44. The van der Waals surface area contributed by atoms with Crippen LogP contribution < -0.4 is 10.1 Å². The second-order valence-corrected chi connectivity index (χ2v) is 3.30. The summed E-state index contributed by atoms with van der Waals surface area (Å²) in [6.45, 7) is -1.20. The lowest BCUT2D eigenvalue weighted by Gasteiger charge is -2.06. The fourth-order valence-corrected chi connectivity index (χ4v) is 1.12. The van der Waals surface area contributed by atoms with Crippen LogP contribution in [0.1, 0.15) is 10.4 Å². The molecule has 0 saturated heterocycles. The summed E-state index contributed by atoms with van der Waals surface area (Å²) in [5, 5.41) is 10.5. The van der Waals surface area contributed by atoms with Gasteiger partial charge in [0.25, 0.3) is 12.3 Å². The molecule has 0 spiro atoms. The highest BCUT2D eigenvalue weighted by Gasteiger charge is 2.08. The molecule has 0 atom stereocenters. The number of ether oxygens (including phenoxy) is 1. The maximum absolute atomic E-state index is 11.9. The number of carbonyl (C=O) groups is 2. The van der Waals surface area contributed by atoms with Crippen molar-refractivity contribution in [1.29, 1.82) is 0 Å². The lowest BCUT2D eigenvalue weighted by Crippen LogP contribution is -2.29. The molecule has 0 saturated carbocycles. The molecule has 1 aromatic carbocycles. The smallest absolute Gasteiger partial charge is 0.322 e. The molecule has 5 nitrogen and oxygen atoms in total. The Kier molecular flexibility index (Phi) is 5.04. The van der Waals surface area contributed by atoms with Gasteiger partial charge in [0.1, 0.15) is 18.9 Å². The van der Waals surface area contributed by atoms with Crippen LogP contribution in [0.5, 0.6) is 5.75 Å². The number of carboxylic acids is 1. The summed E-state index contributed by atoms with van der Waals surface area (Å²) >= 11 is 0. The predicted octanol–water partition coefficient (Wildman–Crippen LogP) is 1.14. The molecule has 0 aliphatic carbocycles. The molecule has 0 radical (unpaired) electrons. The number of benzene rings is 1. The lowest BCUT2D eigenvalue weighted by atomic mass is 10.2. The second kappa shape index (κ2) is 6.53. The van der Waals surface area contributed by atoms with Gasteiger partial charge in [-0.2, -0.15) is 0 Å². The van der Waals surface area contributed by atoms with E-state index in [9.17, 15) is 18.4 Å². The van der Waals surface area contributed by atoms with Crippen molar-refractivity contribution >= 4 is 11.9 Å². The van der Waals surface area contributed by atoms with E-state index in [0.29, 0.717) is 0 Å². The fraction of sp³-hybridized carbons (Fsp3) is 0.273. The van der Waals surface area contributed by atoms with E-state index in [4.69, 9.17) is 9.84 Å². The van der Waals surface area contributed by atoms with E-state index >= 15 is 0 Å². The third kappa shape index (κ3) is 4.77. The number of amides is 1. The summed E-state index contributed by atoms with van der Waals surface area (Å²) in [6.07, 6.45) is -2.57. The molecule has 0 bridgehead atoms. The van der Waals surface area contributed by atoms with Gasteiger partial charge in [-0.25, -0.2) is 8.78 Å². The van der Waals surface area contributed by atoms with Crippen molar-refractivity contribution in [3.63, 3.8) is 0 Å². The number of nitrogens with one attached hydrogen (secondary N) is 1. The lowest BCUT2D eigenvalue weighted by molar-refractivity contribution is -0.135. The van der Waals surface area contributed by atoms with Gasteiger partial charge in [0.15, 0.2) is 0 Å². The highest BCUT2D eigenvalue weighted by atomic mass is 19.3. The minimum atomic E-state index is -2.57. The molecule has 18 heavy (non-hydrogen) atoms. The minimum Gasteiger partial charge on any atom is -0.488 e. The van der Waals surface area contributed by atoms with Gasteiger partial charge in [0, 0.05) is 5.56 Å². The Labute approximate surface area is 101 Å². The van der Waals surface area contributed by atoms with Crippen molar-refractivity contribution in [2.45, 2.75) is 6.43 Å². The summed E-state index contributed by atoms with van der Waals surface area (Å²) in [7, 11) is 0. The first kappa shape index (κ1) is 13.9. The molecule has 0 aromatic heterocycles. The van der Waals surface area contributed by atoms with Gasteiger partial charge >= 0.3 is 5.97 Å². The average molecular weight is 259 g/mol. The van der Waals surface area contributed by atoms with Gasteiger partial charge in [-0.3, -0.25) is 9.59 Å². The summed E-state index contributed by atoms with van der Waals surface area (Å²) in [5.41, 5.74) is 0.223. The summed E-state index contributed by atoms with van der Waals surface area (Å²) in [5.74, 6) is -1.50. The first-order valence-corrected chi connectivity index (χ1v) is 5.00. The quantitative estimate of drug-likeness (QED) is 0.803. The Bertz CT molecular complexity index is 420. The van der Waals surface area contributed by atoms with Crippen molar-refractivity contribution in [2.75, 3.05) is 13.2 Å². The molecule has 1 aromatic rings. The van der Waals surface area contributed by atoms with Crippen molar-refractivity contribution < 1.29 is 28.2 Å². The highest BCUT2D eigenvalue weighted by molar-refractivity contribution is 5.95. The Morgan fingerprint density at radius 1 is 1.28 bits per heavy atom. The molecular formula is C11H11F2NO4. The topological polar surface area (TPSA) is 75.6 Å². The maximum Gasteiger partial charge on any atom is 0.322 e. The van der Waals surface area contributed by atoms with Crippen molar-refractivity contribution in [3.05, 3.63) is 29.8 Å². The van der Waals surface area contributed by atoms with E-state index in [2.05, 4.69) is 5.32 Å². The van der Waals surface area contributed by atoms with Crippen LogP contribution in [-0.4, -0.2) is 36.6 Å². The number of aliphatic carboxylic acids is 1. The van der Waals surface area contributed by atoms with Gasteiger partial charge in [-0.15, -0.1) is 0 Å². The number of carboxylic acid groups (broad SMARTS) is 1. The molecule has 0 aliphatic heterocycles. The van der Waals surface area contributed by atoms with Gasteiger partial charge < -0.3 is 15.2 Å². The molecule has 2 N–H and O–H groups in total. The fourth-order valence-electron chi connectivity index (χ4n) is 1.12. The first-order valence-electron chi connectivity index (χ1n) is 5.00. The van der Waals surface area contributed by atoms with E-state index in [0.717, 1.165) is 0 Å². The van der Waals surface area contributed by atoms with Crippen LogP contribution in [0.3, 0.4) is 0 Å². The van der Waals surface area contributed by atoms with Crippen molar-refractivity contribution in [1.82, 2.24) is 5.32 Å². The van der Waals surface area contributed by atoms with E-state index in [1.54, 1.807) is 0 Å². The van der Waals surface area contributed by atoms with Crippen LogP contribution in [0.2, 0.25) is 0 Å². The standard InChI is InChI=1S/C11H11F2NO4/c12-9(13)6-18-8-3-1-7(2-4-8)11(17)14-5-10(15)16/h1-4,9H,5-6H2,(H,14,17)(H,15,16). The maximum atomic E-state index is 11.9. The third-order valence-electron chi connectivity index (χ3n) is 1.89. The first-order chi connectivity index (χ1) is 8.49. The van der Waals surface area contributed by atoms with Gasteiger partial charge in [0.2, 0.25) is 0 Å². The summed E-state index contributed by atoms with van der Waals surface area (Å²) < 4.78 is 28.4. The third-order valence-corrected chi connectivity index (χ3v) is 1.89. The van der Waals surface area contributed by atoms with E-state index in [1.165, 1.54) is 24.3 Å². The summed E-state index contributed by atoms with van der Waals surface area (Å²) in [4.78, 5) is 21.6. The molecule has 0 heterocycles. The van der Waals surface area contributed by atoms with E-state index in [1.807, 2.05) is 0 Å². The molecule has 0 fully saturated rings. The Hall–Kier alpha value is -2.18. The monoisotopic (exact) mass is 259 g/mol. The molecular weight excluding hydrogens is 248 g/mol. The van der Waals surface area contributed by atoms with E-state index < -0.39 is 31.5 Å². The Morgan fingerprint density at radius 3 is 2.39 bits per heavy atom. The molecule has 7 heteroatoms. The Morgan fingerprint density at radius 2 is 1.89 bits per heavy atom. The number of hydrogen-bond acceptors (Lipinski definition) is 3. The molecule has 98 valence electrons. The number of halogens is 2. The van der Waals surface area contributed by atoms with Crippen LogP contribution in [0.25, 0.3) is 0 Å². The zero-order valence-electron chi connectivity index (χ0n) is 9.23. The SMILES string of the molecule is O=C(O)CNC(=O)c1ccc(OCC(F)F)cc1. The number of hydrogen-bond donors (Lipinski definition) is 2. The van der Waals surface area contributed by atoms with Crippen LogP contribution in [0.15, 0.2) is 24.3 Å². The number of alkyl halides is 2. The van der Waals surface area contributed by atoms with Crippen LogP contribution >= 0.6 is 0 Å². The predicted molar refractivity (Wildman–Crippen MR) is 57.9 cm³/mol. The van der Waals surface area contributed by atoms with Gasteiger partial charge in [-0.1, -0.05) is 0 Å². The van der Waals surface area contributed by atoms with Crippen LogP contribution in [-0.2, 0) is 4.79 Å². The number of rotatable bonds is 6. The van der Waals surface area contributed by atoms with Crippen LogP contribution in [0.4, 0.5) is 8.78 Å². The molecule has 1 rings (SSSR count). The van der Waals surface area contributed by atoms with Gasteiger partial charge in [-0.05, 0) is 24.3 Å². The molecule has 0 unspecified atom stereocenters. The highest BCUT2D eigenvalue weighted by Crippen LogP contribution is 2.13. The molecule has 0 aliphatic rings. The van der Waals surface area contributed by atoms with Crippen LogP contribution in [0, 0.1) is 0 Å². The zero-order valence-corrected chi connectivity index (χ0v) is 9.23. The second-order valence-electron chi connectivity index (χ2n) is 3.30. The van der Waals surface area contributed by atoms with Gasteiger partial charge in [0.05, 0.1) is 0 Å². The zero-order chi connectivity index (χ0) is 13.5. The molecule has 1 amide bonds. The normalized spacial score (nSPS) is 10.2. The largest absolute Gasteiger partial charge is 0.488 e. The minimum absolute atomic E-state index is 0.213. The Balaban J connectivity index is 2.53. The van der Waals surface area contributed by atoms with Crippen molar-refractivity contribution in [2.24, 2.45) is 0 Å². The number of carbonyl (C=O) groups excluding carboxylic acids is 1.